The van der Waals surface area contributed by atoms with Gasteiger partial charge < -0.3 is 15.4 Å². The van der Waals surface area contributed by atoms with Crippen LogP contribution in [0.15, 0.2) is 54.9 Å². The zero-order valence-electron chi connectivity index (χ0n) is 16.4. The smallest absolute Gasteiger partial charge is 0.340 e. The molecule has 0 atom stereocenters. The molecule has 0 spiro atoms. The minimum atomic E-state index is -1.09. The number of nitrogen functional groups attached to an aromatic ring is 1. The Kier molecular flexibility index (Phi) is 4.10. The van der Waals surface area contributed by atoms with Gasteiger partial charge in [-0.1, -0.05) is 12.1 Å². The third kappa shape index (κ3) is 2.92. The van der Waals surface area contributed by atoms with Crippen molar-refractivity contribution in [1.29, 1.82) is 0 Å². The number of fused-ring (bicyclic) bond motifs is 1. The summed E-state index contributed by atoms with van der Waals surface area (Å²) in [7, 11) is 1.94. The van der Waals surface area contributed by atoms with Crippen molar-refractivity contribution >= 4 is 22.6 Å². The molecule has 0 unspecified atom stereocenters. The number of benzene rings is 2. The van der Waals surface area contributed by atoms with Gasteiger partial charge in [-0.2, -0.15) is 0 Å². The van der Waals surface area contributed by atoms with Crippen molar-refractivity contribution in [3.63, 3.8) is 0 Å². The third-order valence-corrected chi connectivity index (χ3v) is 5.78. The molecule has 2 heterocycles. The van der Waals surface area contributed by atoms with Crippen LogP contribution in [0, 0.1) is 5.82 Å². The Balaban J connectivity index is 1.77. The van der Waals surface area contributed by atoms with Gasteiger partial charge in [0.2, 0.25) is 0 Å². The molecular formula is C24H20FN3O2. The van der Waals surface area contributed by atoms with Crippen molar-refractivity contribution in [1.82, 2.24) is 9.55 Å². The first-order chi connectivity index (χ1) is 14.4. The molecule has 6 heteroatoms. The molecule has 0 radical (unpaired) electrons. The van der Waals surface area contributed by atoms with E-state index in [4.69, 9.17) is 5.73 Å². The van der Waals surface area contributed by atoms with Gasteiger partial charge in [0.05, 0.1) is 16.9 Å². The van der Waals surface area contributed by atoms with Crippen LogP contribution >= 0.6 is 0 Å². The van der Waals surface area contributed by atoms with E-state index in [-0.39, 0.29) is 11.4 Å². The molecule has 1 aliphatic rings. The van der Waals surface area contributed by atoms with Gasteiger partial charge in [-0.3, -0.25) is 4.98 Å². The molecular weight excluding hydrogens is 381 g/mol. The summed E-state index contributed by atoms with van der Waals surface area (Å²) in [5, 5.41) is 10.8. The van der Waals surface area contributed by atoms with E-state index >= 15 is 0 Å². The van der Waals surface area contributed by atoms with Crippen LogP contribution in [0.3, 0.4) is 0 Å². The molecule has 1 saturated carbocycles. The van der Waals surface area contributed by atoms with Gasteiger partial charge >= 0.3 is 5.97 Å². The summed E-state index contributed by atoms with van der Waals surface area (Å²) >= 11 is 0. The topological polar surface area (TPSA) is 81.1 Å². The fourth-order valence-corrected chi connectivity index (χ4v) is 4.13. The van der Waals surface area contributed by atoms with Crippen molar-refractivity contribution in [2.24, 2.45) is 7.05 Å². The number of rotatable bonds is 4. The number of aromatic nitrogens is 2. The van der Waals surface area contributed by atoms with Crippen molar-refractivity contribution in [3.05, 3.63) is 71.8 Å². The van der Waals surface area contributed by atoms with Crippen LogP contribution in [0.1, 0.15) is 34.7 Å². The van der Waals surface area contributed by atoms with E-state index in [1.807, 2.05) is 36.0 Å². The summed E-state index contributed by atoms with van der Waals surface area (Å²) in [4.78, 5) is 16.6. The summed E-state index contributed by atoms with van der Waals surface area (Å²) in [6, 6.07) is 12.1. The number of aryl methyl sites for hydroxylation is 1. The van der Waals surface area contributed by atoms with E-state index in [0.717, 1.165) is 40.4 Å². The van der Waals surface area contributed by atoms with Gasteiger partial charge in [0.25, 0.3) is 0 Å². The van der Waals surface area contributed by atoms with E-state index in [0.29, 0.717) is 22.9 Å². The van der Waals surface area contributed by atoms with Crippen LogP contribution in [0.25, 0.3) is 33.3 Å². The maximum atomic E-state index is 13.5. The zero-order chi connectivity index (χ0) is 21.0. The number of anilines is 1. The lowest BCUT2D eigenvalue weighted by atomic mass is 9.95. The average Bonchev–Trinajstić information content (AvgIpc) is 3.50. The van der Waals surface area contributed by atoms with E-state index in [9.17, 15) is 14.3 Å². The second-order valence-corrected chi connectivity index (χ2v) is 7.83. The van der Waals surface area contributed by atoms with Crippen LogP contribution in [0.4, 0.5) is 10.1 Å². The molecule has 0 saturated heterocycles. The minimum Gasteiger partial charge on any atom is -0.478 e. The van der Waals surface area contributed by atoms with Gasteiger partial charge in [-0.15, -0.1) is 0 Å². The number of hydrogen-bond donors (Lipinski definition) is 2. The quantitative estimate of drug-likeness (QED) is 0.492. The fourth-order valence-electron chi connectivity index (χ4n) is 4.13. The standard InChI is InChI=1S/C24H20FN3O2/c1-28-9-8-15-10-16(11-18(23(15)28)13-4-6-17(25)7-5-13)22-20(24(29)30)21(26)19(12-27-22)14-2-3-14/h4-12,14H,2-3H2,1H3,(H2,26,27)(H,29,30). The van der Waals surface area contributed by atoms with Crippen LogP contribution in [-0.2, 0) is 7.05 Å². The van der Waals surface area contributed by atoms with Gasteiger partial charge in [-0.05, 0) is 60.2 Å². The van der Waals surface area contributed by atoms with E-state index in [2.05, 4.69) is 4.98 Å². The number of pyridine rings is 1. The Morgan fingerprint density at radius 1 is 1.17 bits per heavy atom. The number of carbonyl (C=O) groups is 1. The first-order valence-electron chi connectivity index (χ1n) is 9.81. The molecule has 2 aromatic heterocycles. The lowest BCUT2D eigenvalue weighted by molar-refractivity contribution is 0.0698. The van der Waals surface area contributed by atoms with Crippen LogP contribution in [0.5, 0.6) is 0 Å². The van der Waals surface area contributed by atoms with Crippen LogP contribution in [0.2, 0.25) is 0 Å². The summed E-state index contributed by atoms with van der Waals surface area (Å²) in [5.41, 5.74) is 11.1. The Hall–Kier alpha value is -3.67. The summed E-state index contributed by atoms with van der Waals surface area (Å²) < 4.78 is 15.5. The zero-order valence-corrected chi connectivity index (χ0v) is 16.4. The highest BCUT2D eigenvalue weighted by atomic mass is 19.1. The van der Waals surface area contributed by atoms with E-state index in [1.54, 1.807) is 18.3 Å². The second kappa shape index (κ2) is 6.69. The van der Waals surface area contributed by atoms with E-state index in [1.165, 1.54) is 12.1 Å². The summed E-state index contributed by atoms with van der Waals surface area (Å²) in [6.45, 7) is 0. The number of carboxylic acids is 1. The molecule has 4 aromatic rings. The minimum absolute atomic E-state index is 0.0414. The Labute approximate surface area is 172 Å². The van der Waals surface area contributed by atoms with Crippen molar-refractivity contribution in [3.8, 4) is 22.4 Å². The number of nitrogens with two attached hydrogens (primary N) is 1. The highest BCUT2D eigenvalue weighted by Gasteiger charge is 2.30. The highest BCUT2D eigenvalue weighted by Crippen LogP contribution is 2.45. The maximum Gasteiger partial charge on any atom is 0.340 e. The molecule has 5 rings (SSSR count). The fraction of sp³-hybridized carbons (Fsp3) is 0.167. The van der Waals surface area contributed by atoms with Gasteiger partial charge in [0.15, 0.2) is 0 Å². The van der Waals surface area contributed by atoms with Gasteiger partial charge in [0.1, 0.15) is 11.4 Å². The number of nitrogens with zero attached hydrogens (tertiary/aromatic N) is 2. The van der Waals surface area contributed by atoms with Crippen molar-refractivity contribution in [2.75, 3.05) is 5.73 Å². The first-order valence-corrected chi connectivity index (χ1v) is 9.81. The lowest BCUT2D eigenvalue weighted by Gasteiger charge is -2.14. The van der Waals surface area contributed by atoms with Crippen LogP contribution in [-0.4, -0.2) is 20.6 Å². The molecule has 0 amide bonds. The number of halogens is 1. The third-order valence-electron chi connectivity index (χ3n) is 5.78. The van der Waals surface area contributed by atoms with E-state index < -0.39 is 5.97 Å². The number of hydrogen-bond acceptors (Lipinski definition) is 3. The van der Waals surface area contributed by atoms with Gasteiger partial charge in [-0.25, -0.2) is 9.18 Å². The summed E-state index contributed by atoms with van der Waals surface area (Å²) in [5.74, 6) is -1.10. The predicted molar refractivity (Wildman–Crippen MR) is 115 cm³/mol. The molecule has 1 aliphatic carbocycles. The predicted octanol–water partition coefficient (Wildman–Crippen LogP) is 5.20. The normalized spacial score (nSPS) is 13.7. The Morgan fingerprint density at radius 3 is 2.57 bits per heavy atom. The molecule has 0 bridgehead atoms. The number of aromatic carboxylic acids is 1. The molecule has 3 N–H and O–H groups in total. The molecule has 150 valence electrons. The highest BCUT2D eigenvalue weighted by molar-refractivity contribution is 6.04. The molecule has 0 aliphatic heterocycles. The van der Waals surface area contributed by atoms with Gasteiger partial charge in [0, 0.05) is 36.0 Å². The van der Waals surface area contributed by atoms with Crippen molar-refractivity contribution < 1.29 is 14.3 Å². The first kappa shape index (κ1) is 18.4. The SMILES string of the molecule is Cn1ccc2cc(-c3ncc(C4CC4)c(N)c3C(=O)O)cc(-c3ccc(F)cc3)c21. The van der Waals surface area contributed by atoms with Crippen LogP contribution < -0.4 is 5.73 Å². The maximum absolute atomic E-state index is 13.5. The largest absolute Gasteiger partial charge is 0.478 e. The molecule has 30 heavy (non-hydrogen) atoms. The molecule has 5 nitrogen and oxygen atoms in total. The summed E-state index contributed by atoms with van der Waals surface area (Å²) in [6.07, 6.45) is 5.67. The molecule has 2 aromatic carbocycles. The molecule has 1 fully saturated rings. The monoisotopic (exact) mass is 401 g/mol. The Morgan fingerprint density at radius 2 is 1.90 bits per heavy atom. The Bertz CT molecular complexity index is 1300. The second-order valence-electron chi connectivity index (χ2n) is 7.83. The average molecular weight is 401 g/mol. The lowest BCUT2D eigenvalue weighted by Crippen LogP contribution is -2.09. The van der Waals surface area contributed by atoms with Crippen molar-refractivity contribution in [2.45, 2.75) is 18.8 Å². The number of carboxylic acid groups (broad SMARTS) is 1.